The molecule has 2 saturated heterocycles. The molecule has 2 atom stereocenters. The fourth-order valence-corrected chi connectivity index (χ4v) is 7.51. The summed E-state index contributed by atoms with van der Waals surface area (Å²) in [7, 11) is 0. The van der Waals surface area contributed by atoms with Crippen molar-refractivity contribution in [3.8, 4) is 0 Å². The largest absolute Gasteiger partial charge is 0.463 e. The van der Waals surface area contributed by atoms with Crippen molar-refractivity contribution >= 4 is 23.9 Å². The maximum Gasteiger partial charge on any atom is 0.347 e. The van der Waals surface area contributed by atoms with Crippen LogP contribution in [0.1, 0.15) is 161 Å². The van der Waals surface area contributed by atoms with Gasteiger partial charge in [-0.25, -0.2) is 4.79 Å². The van der Waals surface area contributed by atoms with Gasteiger partial charge in [-0.15, -0.1) is 0 Å². The zero-order chi connectivity index (χ0) is 36.4. The Morgan fingerprint density at radius 2 is 1.26 bits per heavy atom. The van der Waals surface area contributed by atoms with Crippen LogP contribution in [0, 0.1) is 40.4 Å². The molecule has 6 rings (SSSR count). The van der Waals surface area contributed by atoms with Crippen LogP contribution in [0.25, 0.3) is 0 Å². The summed E-state index contributed by atoms with van der Waals surface area (Å²) >= 11 is 0. The Kier molecular flexibility index (Phi) is 16.5. The SMILES string of the molecule is CC.CC.CC1CC(C)(C)OC1=O.CCC(C)(C)C(=O)OC1(CC)C2CC3CC(C2)CC1C3.CCC(C)(C)C(=O)OC1CCOC1=O. The number of carbonyl (C=O) groups excluding carboxylic acids is 4. The fourth-order valence-electron chi connectivity index (χ4n) is 7.51. The Bertz CT molecular complexity index is 998. The minimum atomic E-state index is -0.687. The molecule has 0 N–H and O–H groups in total. The molecule has 4 aliphatic carbocycles. The average molecular weight is 667 g/mol. The van der Waals surface area contributed by atoms with E-state index in [4.69, 9.17) is 18.9 Å². The lowest BCUT2D eigenvalue weighted by atomic mass is 9.49. The second kappa shape index (κ2) is 18.0. The molecule has 6 aliphatic rings. The average Bonchev–Trinajstić information content (AvgIpc) is 3.55. The van der Waals surface area contributed by atoms with Gasteiger partial charge in [0.15, 0.2) is 0 Å². The highest BCUT2D eigenvalue weighted by Crippen LogP contribution is 2.61. The summed E-state index contributed by atoms with van der Waals surface area (Å²) in [6, 6.07) is 0. The Hall–Kier alpha value is -2.12. The maximum atomic E-state index is 12.6. The van der Waals surface area contributed by atoms with Gasteiger partial charge in [-0.1, -0.05) is 55.4 Å². The molecule has 0 aromatic rings. The van der Waals surface area contributed by atoms with Gasteiger partial charge in [0.05, 0.1) is 23.4 Å². The molecule has 6 fully saturated rings. The predicted octanol–water partition coefficient (Wildman–Crippen LogP) is 9.25. The van der Waals surface area contributed by atoms with Crippen LogP contribution in [-0.4, -0.2) is 47.8 Å². The number of hydrogen-bond donors (Lipinski definition) is 0. The minimum absolute atomic E-state index is 0.0364. The lowest BCUT2D eigenvalue weighted by Gasteiger charge is -2.60. The highest BCUT2D eigenvalue weighted by atomic mass is 16.6. The standard InChI is InChI=1S/C18H30O2.C10H16O4.C7H12O2.2C2H6/c1-5-17(3,4)16(19)20-18(6-2)14-8-12-7-13(10-14)11-15(18)9-12;1-4-10(2,3)9(12)14-7-5-6-13-8(7)11;1-5-4-7(2,3)9-6(5)8;2*1-2/h12-15H,5-11H2,1-4H3;7H,4-6H2,1-3H3;5H,4H2,1-3H3;2*1-2H3. The van der Waals surface area contributed by atoms with Crippen LogP contribution < -0.4 is 0 Å². The van der Waals surface area contributed by atoms with E-state index in [2.05, 4.69) is 13.8 Å². The first kappa shape index (κ1) is 42.9. The van der Waals surface area contributed by atoms with Crippen LogP contribution in [0.4, 0.5) is 0 Å². The van der Waals surface area contributed by atoms with E-state index in [0.29, 0.717) is 31.3 Å². The third kappa shape index (κ3) is 10.9. The van der Waals surface area contributed by atoms with Crippen molar-refractivity contribution in [3.63, 3.8) is 0 Å². The fraction of sp³-hybridized carbons (Fsp3) is 0.897. The van der Waals surface area contributed by atoms with E-state index in [1.807, 2.05) is 69.2 Å². The first-order valence-electron chi connectivity index (χ1n) is 18.7. The number of hydrogen-bond acceptors (Lipinski definition) is 8. The van der Waals surface area contributed by atoms with Gasteiger partial charge in [-0.05, 0) is 123 Å². The summed E-state index contributed by atoms with van der Waals surface area (Å²) in [6.07, 6.45) is 9.86. The van der Waals surface area contributed by atoms with Crippen LogP contribution in [0.2, 0.25) is 0 Å². The number of carbonyl (C=O) groups is 4. The molecule has 0 amide bonds. The number of cyclic esters (lactones) is 2. The summed E-state index contributed by atoms with van der Waals surface area (Å²) < 4.78 is 21.1. The second-order valence-corrected chi connectivity index (χ2v) is 15.6. The van der Waals surface area contributed by atoms with Crippen LogP contribution in [0.5, 0.6) is 0 Å². The molecule has 47 heavy (non-hydrogen) atoms. The van der Waals surface area contributed by atoms with Crippen LogP contribution in [0.3, 0.4) is 0 Å². The Morgan fingerprint density at radius 1 is 0.787 bits per heavy atom. The van der Waals surface area contributed by atoms with Gasteiger partial charge >= 0.3 is 23.9 Å². The van der Waals surface area contributed by atoms with Gasteiger partial charge in [0.25, 0.3) is 0 Å². The number of esters is 4. The summed E-state index contributed by atoms with van der Waals surface area (Å²) in [5.74, 6) is 2.45. The van der Waals surface area contributed by atoms with E-state index in [0.717, 1.165) is 31.1 Å². The van der Waals surface area contributed by atoms with Gasteiger partial charge in [-0.2, -0.15) is 0 Å². The van der Waals surface area contributed by atoms with Crippen molar-refractivity contribution in [2.45, 2.75) is 178 Å². The van der Waals surface area contributed by atoms with Crippen molar-refractivity contribution in [2.75, 3.05) is 6.61 Å². The van der Waals surface area contributed by atoms with E-state index in [1.54, 1.807) is 13.8 Å². The van der Waals surface area contributed by atoms with Gasteiger partial charge in [0.2, 0.25) is 6.10 Å². The maximum absolute atomic E-state index is 12.6. The van der Waals surface area contributed by atoms with E-state index >= 15 is 0 Å². The minimum Gasteiger partial charge on any atom is -0.463 e. The summed E-state index contributed by atoms with van der Waals surface area (Å²) in [4.78, 5) is 46.0. The highest BCUT2D eigenvalue weighted by Gasteiger charge is 2.59. The smallest absolute Gasteiger partial charge is 0.347 e. The summed E-state index contributed by atoms with van der Waals surface area (Å²) in [6.45, 7) is 28.0. The molecule has 4 bridgehead atoms. The van der Waals surface area contributed by atoms with Gasteiger partial charge in [0, 0.05) is 6.42 Å². The molecule has 2 unspecified atom stereocenters. The second-order valence-electron chi connectivity index (χ2n) is 15.6. The van der Waals surface area contributed by atoms with E-state index in [9.17, 15) is 19.2 Å². The zero-order valence-corrected chi connectivity index (χ0v) is 32.5. The molecule has 0 spiro atoms. The first-order valence-corrected chi connectivity index (χ1v) is 18.7. The third-order valence-corrected chi connectivity index (χ3v) is 10.9. The van der Waals surface area contributed by atoms with E-state index in [-0.39, 0.29) is 40.4 Å². The molecule has 8 heteroatoms. The normalized spacial score (nSPS) is 31.2. The van der Waals surface area contributed by atoms with E-state index < -0.39 is 17.5 Å². The monoisotopic (exact) mass is 667 g/mol. The highest BCUT2D eigenvalue weighted by molar-refractivity contribution is 5.82. The number of ether oxygens (including phenoxy) is 4. The Labute approximate surface area is 287 Å². The molecule has 2 heterocycles. The molecule has 8 nitrogen and oxygen atoms in total. The molecule has 0 aromatic heterocycles. The topological polar surface area (TPSA) is 105 Å². The van der Waals surface area contributed by atoms with Crippen LogP contribution >= 0.6 is 0 Å². The molecule has 274 valence electrons. The predicted molar refractivity (Wildman–Crippen MR) is 186 cm³/mol. The molecule has 0 aromatic carbocycles. The summed E-state index contributed by atoms with van der Waals surface area (Å²) in [5, 5.41) is 0. The molecule has 4 saturated carbocycles. The van der Waals surface area contributed by atoms with Crippen molar-refractivity contribution in [3.05, 3.63) is 0 Å². The zero-order valence-electron chi connectivity index (χ0n) is 32.5. The van der Waals surface area contributed by atoms with E-state index in [1.165, 1.54) is 32.1 Å². The Balaban J connectivity index is 0.000000357. The van der Waals surface area contributed by atoms with Crippen molar-refractivity contribution in [1.29, 1.82) is 0 Å². The molecule has 2 aliphatic heterocycles. The lowest BCUT2D eigenvalue weighted by Crippen LogP contribution is -2.60. The molecular weight excluding hydrogens is 596 g/mol. The molecule has 0 radical (unpaired) electrons. The van der Waals surface area contributed by atoms with Gasteiger partial charge in [-0.3, -0.25) is 14.4 Å². The number of rotatable bonds is 7. The van der Waals surface area contributed by atoms with Crippen molar-refractivity contribution in [2.24, 2.45) is 40.4 Å². The summed E-state index contributed by atoms with van der Waals surface area (Å²) in [5.41, 5.74) is -1.20. The molecular formula is C39H70O8. The third-order valence-electron chi connectivity index (χ3n) is 10.9. The van der Waals surface area contributed by atoms with Gasteiger partial charge in [0.1, 0.15) is 11.2 Å². The lowest BCUT2D eigenvalue weighted by molar-refractivity contribution is -0.218. The van der Waals surface area contributed by atoms with Crippen LogP contribution in [-0.2, 0) is 38.1 Å². The van der Waals surface area contributed by atoms with Crippen molar-refractivity contribution < 1.29 is 38.1 Å². The quantitative estimate of drug-likeness (QED) is 0.196. The van der Waals surface area contributed by atoms with Crippen molar-refractivity contribution in [1.82, 2.24) is 0 Å². The Morgan fingerprint density at radius 3 is 1.57 bits per heavy atom. The van der Waals surface area contributed by atoms with Crippen LogP contribution in [0.15, 0.2) is 0 Å². The first-order chi connectivity index (χ1) is 21.9. The van der Waals surface area contributed by atoms with Gasteiger partial charge < -0.3 is 18.9 Å².